The number of aliphatic hydroxyl groups excluding tert-OH is 1. The molecule has 0 radical (unpaired) electrons. The third-order valence-electron chi connectivity index (χ3n) is 2.51. The first-order valence-electron chi connectivity index (χ1n) is 4.48. The second kappa shape index (κ2) is 3.36. The summed E-state index contributed by atoms with van der Waals surface area (Å²) in [6.07, 6.45) is 0.832. The number of phenolic OH excluding ortho intramolecular Hbond substituents is 1. The Morgan fingerprint density at radius 2 is 2.31 bits per heavy atom. The molecule has 3 N–H and O–H groups in total. The highest BCUT2D eigenvalue weighted by atomic mass is 16.3. The second-order valence-electron chi connectivity index (χ2n) is 3.28. The van der Waals surface area contributed by atoms with Crippen molar-refractivity contribution in [3.8, 4) is 5.75 Å². The predicted octanol–water partition coefficient (Wildman–Crippen LogP) is 0.571. The highest BCUT2D eigenvalue weighted by Gasteiger charge is 2.20. The topological polar surface area (TPSA) is 52.5 Å². The molecule has 1 aromatic rings. The Morgan fingerprint density at radius 3 is 3.08 bits per heavy atom. The fourth-order valence-corrected chi connectivity index (χ4v) is 1.84. The molecule has 3 heteroatoms. The molecule has 0 saturated heterocycles. The van der Waals surface area contributed by atoms with Gasteiger partial charge in [-0.1, -0.05) is 12.1 Å². The minimum Gasteiger partial charge on any atom is -0.508 e. The summed E-state index contributed by atoms with van der Waals surface area (Å²) in [4.78, 5) is 0. The van der Waals surface area contributed by atoms with Crippen molar-refractivity contribution in [1.29, 1.82) is 0 Å². The van der Waals surface area contributed by atoms with Gasteiger partial charge in [0.2, 0.25) is 0 Å². The van der Waals surface area contributed by atoms with Gasteiger partial charge in [-0.3, -0.25) is 0 Å². The summed E-state index contributed by atoms with van der Waals surface area (Å²) in [6.45, 7) is 0.895. The summed E-state index contributed by atoms with van der Waals surface area (Å²) in [5, 5.41) is 21.8. The molecule has 1 aliphatic rings. The number of aliphatic hydroxyl groups is 1. The maximum absolute atomic E-state index is 9.56. The first-order valence-corrected chi connectivity index (χ1v) is 4.48. The molecule has 1 heterocycles. The standard InChI is InChI=1S/C10H13NO2/c12-6-9-7-2-1-3-10(13)8(7)4-5-11-9/h1-3,9,11-13H,4-6H2. The number of hydrogen-bond donors (Lipinski definition) is 3. The van der Waals surface area contributed by atoms with E-state index in [2.05, 4.69) is 5.32 Å². The van der Waals surface area contributed by atoms with E-state index in [1.54, 1.807) is 6.07 Å². The SMILES string of the molecule is OCC1NCCc2c(O)cccc21. The molecule has 0 amide bonds. The Morgan fingerprint density at radius 1 is 1.46 bits per heavy atom. The molecule has 0 aromatic heterocycles. The van der Waals surface area contributed by atoms with E-state index in [0.717, 1.165) is 24.1 Å². The van der Waals surface area contributed by atoms with Gasteiger partial charge in [-0.05, 0) is 30.2 Å². The Balaban J connectivity index is 2.45. The molecule has 1 atom stereocenters. The summed E-state index contributed by atoms with van der Waals surface area (Å²) >= 11 is 0. The van der Waals surface area contributed by atoms with Crippen LogP contribution >= 0.6 is 0 Å². The van der Waals surface area contributed by atoms with Crippen molar-refractivity contribution in [1.82, 2.24) is 5.32 Å². The molecule has 0 aliphatic carbocycles. The third kappa shape index (κ3) is 1.41. The highest BCUT2D eigenvalue weighted by Crippen LogP contribution is 2.28. The molecule has 3 nitrogen and oxygen atoms in total. The number of benzene rings is 1. The van der Waals surface area contributed by atoms with Crippen molar-refractivity contribution >= 4 is 0 Å². The van der Waals surface area contributed by atoms with Gasteiger partial charge < -0.3 is 15.5 Å². The van der Waals surface area contributed by atoms with Gasteiger partial charge in [0.15, 0.2) is 0 Å². The normalized spacial score (nSPS) is 21.2. The van der Waals surface area contributed by atoms with Gasteiger partial charge in [0, 0.05) is 0 Å². The van der Waals surface area contributed by atoms with E-state index in [1.807, 2.05) is 12.1 Å². The Labute approximate surface area is 77.0 Å². The number of rotatable bonds is 1. The quantitative estimate of drug-likeness (QED) is 0.591. The smallest absolute Gasteiger partial charge is 0.119 e. The van der Waals surface area contributed by atoms with E-state index >= 15 is 0 Å². The maximum atomic E-state index is 9.56. The summed E-state index contributed by atoms with van der Waals surface area (Å²) in [5.74, 6) is 0.345. The monoisotopic (exact) mass is 179 g/mol. The zero-order valence-electron chi connectivity index (χ0n) is 7.33. The zero-order chi connectivity index (χ0) is 9.26. The van der Waals surface area contributed by atoms with E-state index in [4.69, 9.17) is 5.11 Å². The molecule has 1 aromatic carbocycles. The van der Waals surface area contributed by atoms with Crippen molar-refractivity contribution < 1.29 is 10.2 Å². The van der Waals surface area contributed by atoms with Gasteiger partial charge in [0.25, 0.3) is 0 Å². The van der Waals surface area contributed by atoms with Gasteiger partial charge in [-0.2, -0.15) is 0 Å². The lowest BCUT2D eigenvalue weighted by Gasteiger charge is -2.25. The van der Waals surface area contributed by atoms with Gasteiger partial charge in [-0.15, -0.1) is 0 Å². The van der Waals surface area contributed by atoms with E-state index in [0.29, 0.717) is 5.75 Å². The van der Waals surface area contributed by atoms with Crippen LogP contribution in [-0.2, 0) is 6.42 Å². The van der Waals surface area contributed by atoms with Crippen molar-refractivity contribution in [2.75, 3.05) is 13.2 Å². The number of aromatic hydroxyl groups is 1. The van der Waals surface area contributed by atoms with E-state index in [-0.39, 0.29) is 12.6 Å². The summed E-state index contributed by atoms with van der Waals surface area (Å²) < 4.78 is 0. The van der Waals surface area contributed by atoms with Crippen LogP contribution in [0.2, 0.25) is 0 Å². The zero-order valence-corrected chi connectivity index (χ0v) is 7.33. The van der Waals surface area contributed by atoms with Gasteiger partial charge >= 0.3 is 0 Å². The number of fused-ring (bicyclic) bond motifs is 1. The average molecular weight is 179 g/mol. The van der Waals surface area contributed by atoms with Crippen molar-refractivity contribution in [3.05, 3.63) is 29.3 Å². The third-order valence-corrected chi connectivity index (χ3v) is 2.51. The molecule has 1 aliphatic heterocycles. The summed E-state index contributed by atoms with van der Waals surface area (Å²) in [6, 6.07) is 5.43. The molecule has 2 rings (SSSR count). The molecule has 0 saturated carbocycles. The largest absolute Gasteiger partial charge is 0.508 e. The van der Waals surface area contributed by atoms with Gasteiger partial charge in [0.1, 0.15) is 5.75 Å². The van der Waals surface area contributed by atoms with Crippen molar-refractivity contribution in [3.63, 3.8) is 0 Å². The molecular weight excluding hydrogens is 166 g/mol. The minimum absolute atomic E-state index is 0.0177. The van der Waals surface area contributed by atoms with Crippen molar-refractivity contribution in [2.24, 2.45) is 0 Å². The van der Waals surface area contributed by atoms with Crippen LogP contribution < -0.4 is 5.32 Å². The summed E-state index contributed by atoms with van der Waals surface area (Å²) in [5.41, 5.74) is 1.99. The number of nitrogens with one attached hydrogen (secondary N) is 1. The summed E-state index contributed by atoms with van der Waals surface area (Å²) in [7, 11) is 0. The van der Waals surface area contributed by atoms with Crippen LogP contribution in [-0.4, -0.2) is 23.4 Å². The molecule has 70 valence electrons. The average Bonchev–Trinajstić information content (AvgIpc) is 2.18. The first kappa shape index (κ1) is 8.53. The minimum atomic E-state index is -0.0177. The number of phenols is 1. The Hall–Kier alpha value is -1.06. The Bertz CT molecular complexity index is 312. The van der Waals surface area contributed by atoms with Crippen LogP contribution in [0.3, 0.4) is 0 Å². The van der Waals surface area contributed by atoms with E-state index in [9.17, 15) is 5.11 Å². The van der Waals surface area contributed by atoms with Crippen molar-refractivity contribution in [2.45, 2.75) is 12.5 Å². The molecule has 0 fully saturated rings. The predicted molar refractivity (Wildman–Crippen MR) is 49.6 cm³/mol. The molecule has 0 bridgehead atoms. The van der Waals surface area contributed by atoms with Gasteiger partial charge in [-0.25, -0.2) is 0 Å². The van der Waals surface area contributed by atoms with Crippen LogP contribution in [0.25, 0.3) is 0 Å². The molecule has 0 spiro atoms. The lowest BCUT2D eigenvalue weighted by atomic mass is 9.94. The van der Waals surface area contributed by atoms with E-state index < -0.39 is 0 Å². The number of hydrogen-bond acceptors (Lipinski definition) is 3. The van der Waals surface area contributed by atoms with Crippen LogP contribution in [0.15, 0.2) is 18.2 Å². The molecule has 13 heavy (non-hydrogen) atoms. The lowest BCUT2D eigenvalue weighted by molar-refractivity contribution is 0.239. The van der Waals surface area contributed by atoms with Crippen LogP contribution in [0.4, 0.5) is 0 Å². The van der Waals surface area contributed by atoms with Crippen LogP contribution in [0.5, 0.6) is 5.75 Å². The second-order valence-corrected chi connectivity index (χ2v) is 3.28. The maximum Gasteiger partial charge on any atom is 0.119 e. The Kier molecular flexibility index (Phi) is 2.20. The molecular formula is C10H13NO2. The molecule has 1 unspecified atom stereocenters. The van der Waals surface area contributed by atoms with Crippen LogP contribution in [0, 0.1) is 0 Å². The van der Waals surface area contributed by atoms with E-state index in [1.165, 1.54) is 0 Å². The highest BCUT2D eigenvalue weighted by molar-refractivity contribution is 5.42. The fraction of sp³-hybridized carbons (Fsp3) is 0.400. The lowest BCUT2D eigenvalue weighted by Crippen LogP contribution is -2.31. The van der Waals surface area contributed by atoms with Gasteiger partial charge in [0.05, 0.1) is 12.6 Å². The fourth-order valence-electron chi connectivity index (χ4n) is 1.84. The first-order chi connectivity index (χ1) is 6.33. The van der Waals surface area contributed by atoms with Crippen LogP contribution in [0.1, 0.15) is 17.2 Å².